The van der Waals surface area contributed by atoms with Crippen LogP contribution in [0.2, 0.25) is 0 Å². The van der Waals surface area contributed by atoms with Crippen LogP contribution >= 0.6 is 0 Å². The van der Waals surface area contributed by atoms with E-state index in [1.54, 1.807) is 0 Å². The molecule has 1 aliphatic heterocycles. The normalized spacial score (nSPS) is 15.6. The number of carbonyl (C=O) groups excluding carboxylic acids is 1. The van der Waals surface area contributed by atoms with E-state index in [0.29, 0.717) is 11.3 Å². The first-order chi connectivity index (χ1) is 8.63. The molecule has 0 bridgehead atoms. The van der Waals surface area contributed by atoms with Crippen molar-refractivity contribution in [1.82, 2.24) is 5.32 Å². The van der Waals surface area contributed by atoms with Crippen LogP contribution in [0.4, 0.5) is 11.4 Å². The monoisotopic (exact) mass is 249 g/mol. The van der Waals surface area contributed by atoms with Gasteiger partial charge in [0.1, 0.15) is 0 Å². The number of hydrogen-bond acceptors (Lipinski definition) is 5. The lowest BCUT2D eigenvalue weighted by molar-refractivity contribution is 0.0602. The van der Waals surface area contributed by atoms with E-state index in [2.05, 4.69) is 10.2 Å². The molecule has 1 saturated heterocycles. The van der Waals surface area contributed by atoms with Crippen LogP contribution in [0.25, 0.3) is 0 Å². The fourth-order valence-corrected chi connectivity index (χ4v) is 2.16. The first-order valence-corrected chi connectivity index (χ1v) is 6.07. The molecule has 5 nitrogen and oxygen atoms in total. The summed E-state index contributed by atoms with van der Waals surface area (Å²) < 4.78 is 4.76. The Morgan fingerprint density at radius 2 is 2.06 bits per heavy atom. The van der Waals surface area contributed by atoms with Gasteiger partial charge in [-0.1, -0.05) is 0 Å². The van der Waals surface area contributed by atoms with Crippen molar-refractivity contribution in [3.8, 4) is 0 Å². The highest BCUT2D eigenvalue weighted by atomic mass is 16.5. The summed E-state index contributed by atoms with van der Waals surface area (Å²) in [6.07, 6.45) is 0. The quantitative estimate of drug-likeness (QED) is 0.598. The number of anilines is 2. The highest BCUT2D eigenvalue weighted by Crippen LogP contribution is 2.26. The number of benzene rings is 1. The third-order valence-corrected chi connectivity index (χ3v) is 3.26. The Kier molecular flexibility index (Phi) is 3.72. The topological polar surface area (TPSA) is 67.6 Å². The van der Waals surface area contributed by atoms with Crippen molar-refractivity contribution in [2.24, 2.45) is 0 Å². The first kappa shape index (κ1) is 12.7. The minimum absolute atomic E-state index is 0.382. The molecule has 3 N–H and O–H groups in total. The Bertz CT molecular complexity index is 454. The summed E-state index contributed by atoms with van der Waals surface area (Å²) in [4.78, 5) is 13.9. The summed E-state index contributed by atoms with van der Waals surface area (Å²) in [6.45, 7) is 5.69. The standard InChI is InChI=1S/C13H19N3O2/c1-9-7-10(16-5-3-15-4-6-16)8-11(12(9)14)13(17)18-2/h7-8,15H,3-6,14H2,1-2H3. The molecular formula is C13H19N3O2. The lowest BCUT2D eigenvalue weighted by Crippen LogP contribution is -2.43. The van der Waals surface area contributed by atoms with Gasteiger partial charge in [-0.25, -0.2) is 4.79 Å². The van der Waals surface area contributed by atoms with E-state index in [1.165, 1.54) is 7.11 Å². The molecule has 2 rings (SSSR count). The average Bonchev–Trinajstić information content (AvgIpc) is 2.41. The maximum atomic E-state index is 11.7. The van der Waals surface area contributed by atoms with Crippen LogP contribution in [0.3, 0.4) is 0 Å². The van der Waals surface area contributed by atoms with Crippen molar-refractivity contribution >= 4 is 17.3 Å². The molecule has 1 aromatic rings. The van der Waals surface area contributed by atoms with Gasteiger partial charge in [0.2, 0.25) is 0 Å². The molecule has 5 heteroatoms. The van der Waals surface area contributed by atoms with Crippen molar-refractivity contribution in [2.45, 2.75) is 6.92 Å². The Morgan fingerprint density at radius 1 is 1.39 bits per heavy atom. The van der Waals surface area contributed by atoms with Gasteiger partial charge in [0.25, 0.3) is 0 Å². The fourth-order valence-electron chi connectivity index (χ4n) is 2.16. The van der Waals surface area contributed by atoms with Crippen LogP contribution in [0, 0.1) is 6.92 Å². The molecule has 0 amide bonds. The molecule has 0 spiro atoms. The minimum Gasteiger partial charge on any atom is -0.465 e. The van der Waals surface area contributed by atoms with E-state index in [9.17, 15) is 4.79 Å². The van der Waals surface area contributed by atoms with E-state index in [0.717, 1.165) is 37.4 Å². The van der Waals surface area contributed by atoms with Crippen LogP contribution in [-0.2, 0) is 4.74 Å². The van der Waals surface area contributed by atoms with Crippen LogP contribution in [-0.4, -0.2) is 39.3 Å². The number of nitrogen functional groups attached to an aromatic ring is 1. The molecule has 0 aliphatic carbocycles. The number of ether oxygens (including phenoxy) is 1. The molecule has 0 atom stereocenters. The van der Waals surface area contributed by atoms with Crippen molar-refractivity contribution in [3.05, 3.63) is 23.3 Å². The number of nitrogens with two attached hydrogens (primary N) is 1. The summed E-state index contributed by atoms with van der Waals surface area (Å²) in [6, 6.07) is 3.84. The SMILES string of the molecule is COC(=O)c1cc(N2CCNCC2)cc(C)c1N. The van der Waals surface area contributed by atoms with Crippen LogP contribution in [0.1, 0.15) is 15.9 Å². The second-order valence-corrected chi connectivity index (χ2v) is 4.45. The zero-order chi connectivity index (χ0) is 13.1. The Morgan fingerprint density at radius 3 is 2.67 bits per heavy atom. The summed E-state index contributed by atoms with van der Waals surface area (Å²) in [5.41, 5.74) is 8.82. The van der Waals surface area contributed by atoms with E-state index in [4.69, 9.17) is 10.5 Å². The number of esters is 1. The van der Waals surface area contributed by atoms with Gasteiger partial charge < -0.3 is 20.7 Å². The molecule has 0 radical (unpaired) electrons. The molecule has 1 aliphatic rings. The number of carbonyl (C=O) groups is 1. The number of nitrogens with one attached hydrogen (secondary N) is 1. The number of methoxy groups -OCH3 is 1. The van der Waals surface area contributed by atoms with E-state index < -0.39 is 0 Å². The summed E-state index contributed by atoms with van der Waals surface area (Å²) in [5.74, 6) is -0.382. The largest absolute Gasteiger partial charge is 0.465 e. The van der Waals surface area contributed by atoms with E-state index in [-0.39, 0.29) is 5.97 Å². The fraction of sp³-hybridized carbons (Fsp3) is 0.462. The Balaban J connectivity index is 2.36. The van der Waals surface area contributed by atoms with Gasteiger partial charge in [-0.3, -0.25) is 0 Å². The zero-order valence-corrected chi connectivity index (χ0v) is 10.8. The highest BCUT2D eigenvalue weighted by molar-refractivity contribution is 5.97. The van der Waals surface area contributed by atoms with Gasteiger partial charge in [0.05, 0.1) is 12.7 Å². The summed E-state index contributed by atoms with van der Waals surface area (Å²) in [5, 5.41) is 3.30. The third-order valence-electron chi connectivity index (χ3n) is 3.26. The second-order valence-electron chi connectivity index (χ2n) is 4.45. The molecule has 98 valence electrons. The minimum atomic E-state index is -0.382. The van der Waals surface area contributed by atoms with Gasteiger partial charge in [-0.15, -0.1) is 0 Å². The smallest absolute Gasteiger partial charge is 0.340 e. The molecule has 1 heterocycles. The van der Waals surface area contributed by atoms with Gasteiger partial charge in [0.15, 0.2) is 0 Å². The number of aryl methyl sites for hydroxylation is 1. The maximum absolute atomic E-state index is 11.7. The second kappa shape index (κ2) is 5.27. The maximum Gasteiger partial charge on any atom is 0.340 e. The lowest BCUT2D eigenvalue weighted by Gasteiger charge is -2.30. The van der Waals surface area contributed by atoms with Crippen LogP contribution in [0.5, 0.6) is 0 Å². The lowest BCUT2D eigenvalue weighted by atomic mass is 10.1. The van der Waals surface area contributed by atoms with Gasteiger partial charge in [0, 0.05) is 37.6 Å². The van der Waals surface area contributed by atoms with Crippen molar-refractivity contribution in [2.75, 3.05) is 43.9 Å². The van der Waals surface area contributed by atoms with Crippen molar-refractivity contribution in [1.29, 1.82) is 0 Å². The Labute approximate surface area is 107 Å². The van der Waals surface area contributed by atoms with Crippen LogP contribution in [0.15, 0.2) is 12.1 Å². The predicted molar refractivity (Wildman–Crippen MR) is 72.0 cm³/mol. The average molecular weight is 249 g/mol. The third kappa shape index (κ3) is 2.41. The highest BCUT2D eigenvalue weighted by Gasteiger charge is 2.17. The Hall–Kier alpha value is -1.75. The number of piperazine rings is 1. The predicted octanol–water partition coefficient (Wildman–Crippen LogP) is 0.773. The van der Waals surface area contributed by atoms with Crippen molar-refractivity contribution < 1.29 is 9.53 Å². The zero-order valence-electron chi connectivity index (χ0n) is 10.8. The molecule has 0 aromatic heterocycles. The molecule has 18 heavy (non-hydrogen) atoms. The number of rotatable bonds is 2. The first-order valence-electron chi connectivity index (χ1n) is 6.07. The van der Waals surface area contributed by atoms with Crippen LogP contribution < -0.4 is 16.0 Å². The summed E-state index contributed by atoms with van der Waals surface area (Å²) >= 11 is 0. The molecule has 0 unspecified atom stereocenters. The van der Waals surface area contributed by atoms with Gasteiger partial charge in [-0.2, -0.15) is 0 Å². The van der Waals surface area contributed by atoms with Crippen molar-refractivity contribution in [3.63, 3.8) is 0 Å². The van der Waals surface area contributed by atoms with Gasteiger partial charge in [-0.05, 0) is 24.6 Å². The summed E-state index contributed by atoms with van der Waals surface area (Å²) in [7, 11) is 1.37. The molecular weight excluding hydrogens is 230 g/mol. The molecule has 1 fully saturated rings. The number of hydrogen-bond donors (Lipinski definition) is 2. The molecule has 0 saturated carbocycles. The van der Waals surface area contributed by atoms with Gasteiger partial charge >= 0.3 is 5.97 Å². The number of nitrogens with zero attached hydrogens (tertiary/aromatic N) is 1. The van der Waals surface area contributed by atoms with E-state index in [1.807, 2.05) is 19.1 Å². The molecule has 1 aromatic carbocycles. The van der Waals surface area contributed by atoms with E-state index >= 15 is 0 Å².